The number of likely N-dealkylation sites (N-methyl/N-ethyl adjacent to an activating group) is 2. The Morgan fingerprint density at radius 2 is 2.32 bits per heavy atom. The minimum atomic E-state index is -0.0700. The third kappa shape index (κ3) is 3.89. The fourth-order valence-electron chi connectivity index (χ4n) is 2.83. The van der Waals surface area contributed by atoms with E-state index in [2.05, 4.69) is 27.4 Å². The van der Waals surface area contributed by atoms with Gasteiger partial charge in [0.25, 0.3) is 0 Å². The molecule has 19 heavy (non-hydrogen) atoms. The number of rotatable bonds is 4. The molecule has 0 saturated carbocycles. The zero-order valence-electron chi connectivity index (χ0n) is 12.0. The Balaban J connectivity index is 1.89. The van der Waals surface area contributed by atoms with Gasteiger partial charge >= 0.3 is 0 Å². The van der Waals surface area contributed by atoms with E-state index in [0.717, 1.165) is 52.4 Å². The van der Waals surface area contributed by atoms with Crippen LogP contribution in [0.5, 0.6) is 0 Å². The van der Waals surface area contributed by atoms with Crippen LogP contribution in [0.3, 0.4) is 0 Å². The second kappa shape index (κ2) is 7.19. The highest BCUT2D eigenvalue weighted by molar-refractivity contribution is 5.81. The van der Waals surface area contributed by atoms with Gasteiger partial charge in [-0.25, -0.2) is 0 Å². The quantitative estimate of drug-likeness (QED) is 0.667. The maximum Gasteiger partial charge on any atom is 0.238 e. The molecule has 2 heterocycles. The largest absolute Gasteiger partial charge is 0.374 e. The fourth-order valence-corrected chi connectivity index (χ4v) is 2.83. The highest BCUT2D eigenvalue weighted by atomic mass is 16.5. The van der Waals surface area contributed by atoms with Crippen LogP contribution in [0.25, 0.3) is 0 Å². The topological polar surface area (TPSA) is 56.8 Å². The predicted octanol–water partition coefficient (Wildman–Crippen LogP) is -1.27. The van der Waals surface area contributed by atoms with Crippen LogP contribution in [0.15, 0.2) is 0 Å². The average molecular weight is 270 g/mol. The number of nitrogens with one attached hydrogen (secondary N) is 2. The van der Waals surface area contributed by atoms with E-state index < -0.39 is 0 Å². The molecule has 0 aromatic carbocycles. The summed E-state index contributed by atoms with van der Waals surface area (Å²) >= 11 is 0. The predicted molar refractivity (Wildman–Crippen MR) is 74.2 cm³/mol. The number of ether oxygens (including phenoxy) is 1. The van der Waals surface area contributed by atoms with Crippen LogP contribution < -0.4 is 10.6 Å². The van der Waals surface area contributed by atoms with Gasteiger partial charge in [0.1, 0.15) is 6.04 Å². The minimum Gasteiger partial charge on any atom is -0.374 e. The number of piperazine rings is 1. The van der Waals surface area contributed by atoms with E-state index in [1.807, 2.05) is 0 Å². The summed E-state index contributed by atoms with van der Waals surface area (Å²) in [5, 5.41) is 6.03. The van der Waals surface area contributed by atoms with Crippen molar-refractivity contribution in [1.29, 1.82) is 0 Å². The molecule has 2 saturated heterocycles. The van der Waals surface area contributed by atoms with Crippen molar-refractivity contribution in [2.75, 3.05) is 59.5 Å². The standard InChI is InChI=1S/C13H26N4O2/c1-3-16-6-7-19-11(9-16)10-17-5-4-15-8-12(17)13(18)14-2/h11-12,15H,3-10H2,1-2H3,(H,14,18). The Hall–Kier alpha value is -0.690. The van der Waals surface area contributed by atoms with Crippen LogP contribution in [0.1, 0.15) is 6.92 Å². The Morgan fingerprint density at radius 3 is 3.05 bits per heavy atom. The molecule has 1 amide bonds. The van der Waals surface area contributed by atoms with Crippen molar-refractivity contribution in [3.8, 4) is 0 Å². The zero-order valence-corrected chi connectivity index (χ0v) is 12.0. The molecule has 2 fully saturated rings. The lowest BCUT2D eigenvalue weighted by Gasteiger charge is -2.39. The van der Waals surface area contributed by atoms with Crippen molar-refractivity contribution in [2.24, 2.45) is 0 Å². The number of carbonyl (C=O) groups excluding carboxylic acids is 1. The molecule has 2 aliphatic heterocycles. The average Bonchev–Trinajstić information content (AvgIpc) is 2.47. The first kappa shape index (κ1) is 14.7. The molecule has 0 bridgehead atoms. The maximum absolute atomic E-state index is 11.9. The molecule has 0 aromatic heterocycles. The molecule has 2 N–H and O–H groups in total. The molecule has 0 spiro atoms. The summed E-state index contributed by atoms with van der Waals surface area (Å²) in [5.41, 5.74) is 0. The van der Waals surface area contributed by atoms with Gasteiger partial charge in [-0.05, 0) is 6.54 Å². The van der Waals surface area contributed by atoms with Gasteiger partial charge in [-0.1, -0.05) is 6.92 Å². The molecule has 2 aliphatic rings. The molecule has 2 atom stereocenters. The number of morpholine rings is 1. The smallest absolute Gasteiger partial charge is 0.238 e. The lowest BCUT2D eigenvalue weighted by atomic mass is 10.1. The van der Waals surface area contributed by atoms with Gasteiger partial charge in [-0.2, -0.15) is 0 Å². The van der Waals surface area contributed by atoms with Crippen LogP contribution in [0.4, 0.5) is 0 Å². The Bertz CT molecular complexity index is 300. The van der Waals surface area contributed by atoms with Gasteiger partial charge in [-0.3, -0.25) is 14.6 Å². The Labute approximate surface area is 115 Å². The summed E-state index contributed by atoms with van der Waals surface area (Å²) in [6, 6.07) is -0.0700. The normalized spacial score (nSPS) is 30.2. The van der Waals surface area contributed by atoms with Gasteiger partial charge < -0.3 is 15.4 Å². The Morgan fingerprint density at radius 1 is 1.47 bits per heavy atom. The number of hydrogen-bond donors (Lipinski definition) is 2. The van der Waals surface area contributed by atoms with Gasteiger partial charge in [-0.15, -0.1) is 0 Å². The summed E-state index contributed by atoms with van der Waals surface area (Å²) < 4.78 is 5.84. The molecule has 110 valence electrons. The maximum atomic E-state index is 11.9. The number of carbonyl (C=O) groups is 1. The highest BCUT2D eigenvalue weighted by Gasteiger charge is 2.31. The summed E-state index contributed by atoms with van der Waals surface area (Å²) in [6.07, 6.45) is 0.221. The minimum absolute atomic E-state index is 0.0700. The van der Waals surface area contributed by atoms with Crippen molar-refractivity contribution in [1.82, 2.24) is 20.4 Å². The first-order valence-electron chi connectivity index (χ1n) is 7.25. The second-order valence-electron chi connectivity index (χ2n) is 5.22. The molecule has 6 nitrogen and oxygen atoms in total. The summed E-state index contributed by atoms with van der Waals surface area (Å²) in [7, 11) is 1.70. The van der Waals surface area contributed by atoms with Crippen LogP contribution in [0, 0.1) is 0 Å². The lowest BCUT2D eigenvalue weighted by molar-refractivity contribution is -0.128. The monoisotopic (exact) mass is 270 g/mol. The summed E-state index contributed by atoms with van der Waals surface area (Å²) in [4.78, 5) is 16.6. The van der Waals surface area contributed by atoms with E-state index in [0.29, 0.717) is 0 Å². The third-order valence-corrected chi connectivity index (χ3v) is 4.01. The van der Waals surface area contributed by atoms with Gasteiger partial charge in [0.15, 0.2) is 0 Å². The van der Waals surface area contributed by atoms with E-state index >= 15 is 0 Å². The number of hydrogen-bond acceptors (Lipinski definition) is 5. The van der Waals surface area contributed by atoms with Gasteiger partial charge in [0.05, 0.1) is 12.7 Å². The first-order valence-corrected chi connectivity index (χ1v) is 7.25. The first-order chi connectivity index (χ1) is 9.24. The van der Waals surface area contributed by atoms with Crippen molar-refractivity contribution >= 4 is 5.91 Å². The van der Waals surface area contributed by atoms with E-state index in [1.54, 1.807) is 7.05 Å². The van der Waals surface area contributed by atoms with E-state index in [4.69, 9.17) is 4.74 Å². The van der Waals surface area contributed by atoms with Crippen LogP contribution in [-0.2, 0) is 9.53 Å². The molecule has 0 aliphatic carbocycles. The summed E-state index contributed by atoms with van der Waals surface area (Å²) in [5.74, 6) is 0.0929. The highest BCUT2D eigenvalue weighted by Crippen LogP contribution is 2.10. The molecule has 2 rings (SSSR count). The van der Waals surface area contributed by atoms with E-state index in [9.17, 15) is 4.79 Å². The molecular weight excluding hydrogens is 244 g/mol. The van der Waals surface area contributed by atoms with Crippen LogP contribution >= 0.6 is 0 Å². The molecule has 2 unspecified atom stereocenters. The number of nitrogens with zero attached hydrogens (tertiary/aromatic N) is 2. The molecule has 0 radical (unpaired) electrons. The zero-order chi connectivity index (χ0) is 13.7. The molecule has 0 aromatic rings. The fraction of sp³-hybridized carbons (Fsp3) is 0.923. The molecular formula is C13H26N4O2. The SMILES string of the molecule is CCN1CCOC(CN2CCNCC2C(=O)NC)C1. The van der Waals surface area contributed by atoms with Crippen molar-refractivity contribution in [2.45, 2.75) is 19.1 Å². The molecule has 6 heteroatoms. The second-order valence-corrected chi connectivity index (χ2v) is 5.22. The van der Waals surface area contributed by atoms with Crippen LogP contribution in [0.2, 0.25) is 0 Å². The van der Waals surface area contributed by atoms with E-state index in [-0.39, 0.29) is 18.1 Å². The number of amides is 1. The Kier molecular flexibility index (Phi) is 5.57. The third-order valence-electron chi connectivity index (χ3n) is 4.01. The lowest BCUT2D eigenvalue weighted by Crippen LogP contribution is -2.60. The van der Waals surface area contributed by atoms with Crippen molar-refractivity contribution in [3.05, 3.63) is 0 Å². The van der Waals surface area contributed by atoms with Crippen LogP contribution in [-0.4, -0.2) is 87.3 Å². The summed E-state index contributed by atoms with van der Waals surface area (Å²) in [6.45, 7) is 9.46. The van der Waals surface area contributed by atoms with Gasteiger partial charge in [0.2, 0.25) is 5.91 Å². The van der Waals surface area contributed by atoms with Crippen molar-refractivity contribution < 1.29 is 9.53 Å². The van der Waals surface area contributed by atoms with Gasteiger partial charge in [0, 0.05) is 46.3 Å². The van der Waals surface area contributed by atoms with E-state index in [1.165, 1.54) is 0 Å². The van der Waals surface area contributed by atoms with Crippen molar-refractivity contribution in [3.63, 3.8) is 0 Å².